The van der Waals surface area contributed by atoms with E-state index in [1.807, 2.05) is 6.92 Å². The third kappa shape index (κ3) is 9.49. The van der Waals surface area contributed by atoms with E-state index in [0.717, 1.165) is 10.7 Å². The van der Waals surface area contributed by atoms with E-state index in [0.29, 0.717) is 34.3 Å². The minimum absolute atomic E-state index is 0.170. The average molecular weight is 577 g/mol. The third-order valence-electron chi connectivity index (χ3n) is 4.87. The summed E-state index contributed by atoms with van der Waals surface area (Å²) in [7, 11) is 0. The van der Waals surface area contributed by atoms with Crippen LogP contribution in [0.25, 0.3) is 17.0 Å². The molecule has 0 unspecified atom stereocenters. The fourth-order valence-corrected chi connectivity index (χ4v) is 3.43. The number of nitrogens with one attached hydrogen (secondary N) is 1. The summed E-state index contributed by atoms with van der Waals surface area (Å²) >= 11 is 3.28. The van der Waals surface area contributed by atoms with Crippen molar-refractivity contribution in [2.45, 2.75) is 33.4 Å². The maximum absolute atomic E-state index is 13.9. The van der Waals surface area contributed by atoms with Crippen molar-refractivity contribution in [1.29, 1.82) is 0 Å². The molecule has 2 heterocycles. The van der Waals surface area contributed by atoms with Crippen LogP contribution in [0.15, 0.2) is 98.1 Å². The average Bonchev–Trinajstić information content (AvgIpc) is 3.33. The molecule has 198 valence electrons. The number of pyridine rings is 1. The van der Waals surface area contributed by atoms with Crippen LogP contribution < -0.4 is 5.32 Å². The van der Waals surface area contributed by atoms with Crippen molar-refractivity contribution < 1.29 is 18.0 Å². The van der Waals surface area contributed by atoms with Gasteiger partial charge in [-0.2, -0.15) is 18.3 Å². The Kier molecular flexibility index (Phi) is 13.3. The van der Waals surface area contributed by atoms with Gasteiger partial charge in [-0.1, -0.05) is 61.5 Å². The lowest BCUT2D eigenvalue weighted by Gasteiger charge is -2.16. The number of halogens is 4. The van der Waals surface area contributed by atoms with Crippen LogP contribution >= 0.6 is 15.9 Å². The Labute approximate surface area is 225 Å². The van der Waals surface area contributed by atoms with E-state index in [9.17, 15) is 18.0 Å². The van der Waals surface area contributed by atoms with Crippen molar-refractivity contribution in [1.82, 2.24) is 20.1 Å². The van der Waals surface area contributed by atoms with Gasteiger partial charge in [0.05, 0.1) is 5.69 Å². The van der Waals surface area contributed by atoms with Crippen LogP contribution in [0.2, 0.25) is 0 Å². The zero-order valence-electron chi connectivity index (χ0n) is 21.2. The zero-order valence-corrected chi connectivity index (χ0v) is 22.8. The molecule has 1 N–H and O–H groups in total. The lowest BCUT2D eigenvalue weighted by Crippen LogP contribution is -2.23. The summed E-state index contributed by atoms with van der Waals surface area (Å²) in [5.41, 5.74) is 1.08. The number of hydrogen-bond acceptors (Lipinski definition) is 3. The highest BCUT2D eigenvalue weighted by Crippen LogP contribution is 2.35. The second-order valence-corrected chi connectivity index (χ2v) is 8.37. The number of aromatic nitrogens is 3. The SMILES string of the molecule is C=C.C=C/C=C\C(=C/CBr)C(=O)N/C(=C/C=C(\C(C)C)n1nc(-c2cccnc2)cc1C(F)(F)F)CC. The fourth-order valence-electron chi connectivity index (χ4n) is 3.09. The molecule has 0 aliphatic heterocycles. The van der Waals surface area contributed by atoms with Gasteiger partial charge < -0.3 is 5.32 Å². The Bertz CT molecular complexity index is 1160. The Morgan fingerprint density at radius 2 is 1.97 bits per heavy atom. The number of rotatable bonds is 10. The summed E-state index contributed by atoms with van der Waals surface area (Å²) in [5, 5.41) is 7.57. The Morgan fingerprint density at radius 1 is 1.27 bits per heavy atom. The molecule has 0 saturated heterocycles. The number of carbonyl (C=O) groups excluding carboxylic acids is 1. The molecule has 2 aromatic rings. The molecule has 0 spiro atoms. The molecule has 2 aromatic heterocycles. The number of carbonyl (C=O) groups is 1. The lowest BCUT2D eigenvalue weighted by molar-refractivity contribution is -0.142. The predicted molar refractivity (Wildman–Crippen MR) is 149 cm³/mol. The van der Waals surface area contributed by atoms with Crippen molar-refractivity contribution in [2.75, 3.05) is 5.33 Å². The highest BCUT2D eigenvalue weighted by atomic mass is 79.9. The molecule has 9 heteroatoms. The van der Waals surface area contributed by atoms with Crippen LogP contribution in [0.4, 0.5) is 13.2 Å². The molecule has 0 fully saturated rings. The van der Waals surface area contributed by atoms with Gasteiger partial charge in [0.25, 0.3) is 5.91 Å². The minimum Gasteiger partial charge on any atom is -0.326 e. The van der Waals surface area contributed by atoms with Gasteiger partial charge in [-0.15, -0.1) is 13.2 Å². The first-order valence-electron chi connectivity index (χ1n) is 11.5. The predicted octanol–water partition coefficient (Wildman–Crippen LogP) is 7.74. The lowest BCUT2D eigenvalue weighted by atomic mass is 10.1. The number of nitrogens with zero attached hydrogens (tertiary/aromatic N) is 3. The number of amides is 1. The van der Waals surface area contributed by atoms with Gasteiger partial charge >= 0.3 is 6.18 Å². The molecule has 37 heavy (non-hydrogen) atoms. The number of allylic oxidation sites excluding steroid dienone is 7. The van der Waals surface area contributed by atoms with E-state index in [1.54, 1.807) is 68.6 Å². The zero-order chi connectivity index (χ0) is 28.0. The largest absolute Gasteiger partial charge is 0.433 e. The maximum atomic E-state index is 13.9. The Balaban J connectivity index is 0.00000334. The van der Waals surface area contributed by atoms with Crippen LogP contribution in [0, 0.1) is 5.92 Å². The van der Waals surface area contributed by atoms with Gasteiger partial charge in [-0.25, -0.2) is 4.68 Å². The summed E-state index contributed by atoms with van der Waals surface area (Å²) in [6.45, 7) is 15.0. The van der Waals surface area contributed by atoms with Crippen molar-refractivity contribution in [3.63, 3.8) is 0 Å². The van der Waals surface area contributed by atoms with Crippen LogP contribution in [0.1, 0.15) is 32.9 Å². The molecule has 0 aromatic carbocycles. The molecule has 0 aliphatic carbocycles. The summed E-state index contributed by atoms with van der Waals surface area (Å²) in [5.74, 6) is -0.619. The molecule has 0 bridgehead atoms. The fraction of sp³-hybridized carbons (Fsp3) is 0.250. The van der Waals surface area contributed by atoms with E-state index < -0.39 is 11.9 Å². The summed E-state index contributed by atoms with van der Waals surface area (Å²) < 4.78 is 42.6. The minimum atomic E-state index is -4.61. The topological polar surface area (TPSA) is 59.8 Å². The van der Waals surface area contributed by atoms with Gasteiger partial charge in [-0.05, 0) is 48.8 Å². The van der Waals surface area contributed by atoms with Gasteiger partial charge in [-0.3, -0.25) is 9.78 Å². The summed E-state index contributed by atoms with van der Waals surface area (Å²) in [6, 6.07) is 4.31. The first kappa shape index (κ1) is 31.6. The Morgan fingerprint density at radius 3 is 2.49 bits per heavy atom. The van der Waals surface area contributed by atoms with Crippen molar-refractivity contribution in [2.24, 2.45) is 5.92 Å². The second-order valence-electron chi connectivity index (χ2n) is 7.72. The van der Waals surface area contributed by atoms with Crippen LogP contribution in [0.3, 0.4) is 0 Å². The molecule has 0 radical (unpaired) electrons. The van der Waals surface area contributed by atoms with Gasteiger partial charge in [0.15, 0.2) is 0 Å². The van der Waals surface area contributed by atoms with Gasteiger partial charge in [0.2, 0.25) is 0 Å². The smallest absolute Gasteiger partial charge is 0.326 e. The van der Waals surface area contributed by atoms with Crippen molar-refractivity contribution in [3.8, 4) is 11.3 Å². The molecular weight excluding hydrogens is 545 g/mol. The van der Waals surface area contributed by atoms with E-state index in [1.165, 1.54) is 6.20 Å². The van der Waals surface area contributed by atoms with Crippen molar-refractivity contribution >= 4 is 27.5 Å². The summed E-state index contributed by atoms with van der Waals surface area (Å²) in [6.07, 6.45) is 8.59. The van der Waals surface area contributed by atoms with E-state index in [2.05, 4.69) is 51.1 Å². The first-order valence-corrected chi connectivity index (χ1v) is 12.6. The van der Waals surface area contributed by atoms with Gasteiger partial charge in [0.1, 0.15) is 5.69 Å². The Hall–Kier alpha value is -3.46. The van der Waals surface area contributed by atoms with Gasteiger partial charge in [0, 0.05) is 40.3 Å². The summed E-state index contributed by atoms with van der Waals surface area (Å²) in [4.78, 5) is 16.7. The molecule has 0 atom stereocenters. The van der Waals surface area contributed by atoms with E-state index in [4.69, 9.17) is 0 Å². The highest BCUT2D eigenvalue weighted by molar-refractivity contribution is 9.09. The molecule has 0 saturated carbocycles. The van der Waals surface area contributed by atoms with Crippen LogP contribution in [-0.4, -0.2) is 26.0 Å². The highest BCUT2D eigenvalue weighted by Gasteiger charge is 2.37. The maximum Gasteiger partial charge on any atom is 0.433 e. The molecule has 0 aliphatic rings. The molecule has 2 rings (SSSR count). The normalized spacial score (nSPS) is 12.9. The number of hydrogen-bond donors (Lipinski definition) is 1. The van der Waals surface area contributed by atoms with Crippen LogP contribution in [0.5, 0.6) is 0 Å². The molecular formula is C28H32BrF3N4O. The van der Waals surface area contributed by atoms with Crippen molar-refractivity contribution in [3.05, 3.63) is 104 Å². The molecule has 5 nitrogen and oxygen atoms in total. The van der Waals surface area contributed by atoms with E-state index >= 15 is 0 Å². The van der Waals surface area contributed by atoms with Crippen LogP contribution in [-0.2, 0) is 11.0 Å². The quantitative estimate of drug-likeness (QED) is 0.136. The third-order valence-corrected chi connectivity index (χ3v) is 5.20. The first-order chi connectivity index (χ1) is 17.6. The molecule has 1 amide bonds. The second kappa shape index (κ2) is 15.6. The standard InChI is InChI=1S/C26H28BrF3N4O.C2H4/c1-5-7-9-19(13-14-27)25(35)32-21(6-2)11-12-23(18(3)4)34-24(26(28,29)30)16-22(33-34)20-10-8-15-31-17-20;1-2/h5,7-13,15-18H,1,6,14H2,2-4H3,(H,32,35);1-2H2/b9-7-,19-13+,21-11+,23-12+;. The number of alkyl halides is 4. The van der Waals surface area contributed by atoms with E-state index in [-0.39, 0.29) is 17.5 Å². The monoisotopic (exact) mass is 576 g/mol.